The highest BCUT2D eigenvalue weighted by molar-refractivity contribution is 5.72. The second-order valence-electron chi connectivity index (χ2n) is 12.6. The van der Waals surface area contributed by atoms with E-state index < -0.39 is 0 Å². The quantitative estimate of drug-likeness (QED) is 0.0952. The zero-order chi connectivity index (χ0) is 34.6. The fourth-order valence-corrected chi connectivity index (χ4v) is 5.78. The summed E-state index contributed by atoms with van der Waals surface area (Å²) in [6, 6.07) is 21.9. The number of benzene rings is 3. The lowest BCUT2D eigenvalue weighted by atomic mass is 10.0. The molecule has 0 aliphatic carbocycles. The molecule has 0 radical (unpaired) electrons. The van der Waals surface area contributed by atoms with Crippen LogP contribution in [-0.2, 0) is 0 Å². The Morgan fingerprint density at radius 2 is 1.14 bits per heavy atom. The zero-order valence-electron chi connectivity index (χ0n) is 29.2. The van der Waals surface area contributed by atoms with Crippen LogP contribution in [0.15, 0.2) is 79.0 Å². The minimum Gasteiger partial charge on any atom is -0.507 e. The van der Waals surface area contributed by atoms with E-state index in [-0.39, 0.29) is 23.1 Å². The maximum atomic E-state index is 11.2. The number of aromatic nitrogens is 5. The van der Waals surface area contributed by atoms with Gasteiger partial charge in [0.2, 0.25) is 0 Å². The lowest BCUT2D eigenvalue weighted by Crippen LogP contribution is -2.11. The van der Waals surface area contributed by atoms with E-state index in [4.69, 9.17) is 24.4 Å². The molecule has 5 rings (SSSR count). The van der Waals surface area contributed by atoms with Crippen molar-refractivity contribution in [1.82, 2.24) is 24.7 Å². The van der Waals surface area contributed by atoms with Crippen LogP contribution in [0.1, 0.15) is 79.1 Å². The van der Waals surface area contributed by atoms with Gasteiger partial charge >= 0.3 is 0 Å². The van der Waals surface area contributed by atoms with Gasteiger partial charge in [-0.2, -0.15) is 5.10 Å². The normalized spacial score (nSPS) is 12.5. The Bertz CT molecular complexity index is 1690. The summed E-state index contributed by atoms with van der Waals surface area (Å²) in [4.78, 5) is 14.4. The molecule has 0 amide bonds. The molecule has 3 aromatic carbocycles. The number of rotatable bonds is 18. The topological polar surface area (TPSA) is 115 Å². The van der Waals surface area contributed by atoms with Crippen molar-refractivity contribution in [2.24, 2.45) is 11.8 Å². The summed E-state index contributed by atoms with van der Waals surface area (Å²) in [5, 5.41) is 27.0. The molecule has 0 aliphatic heterocycles. The molecule has 2 N–H and O–H groups in total. The van der Waals surface area contributed by atoms with Gasteiger partial charge in [0.1, 0.15) is 28.7 Å². The highest BCUT2D eigenvalue weighted by Gasteiger charge is 2.20. The van der Waals surface area contributed by atoms with Gasteiger partial charge in [-0.1, -0.05) is 84.4 Å². The predicted octanol–water partition coefficient (Wildman–Crippen LogP) is 9.66. The van der Waals surface area contributed by atoms with Gasteiger partial charge in [0.25, 0.3) is 0 Å². The number of unbranched alkanes of at least 4 members (excludes halogenated alkanes) is 2. The van der Waals surface area contributed by atoms with Crippen molar-refractivity contribution in [3.05, 3.63) is 79.0 Å². The van der Waals surface area contributed by atoms with Gasteiger partial charge in [0.15, 0.2) is 17.5 Å². The molecular weight excluding hydrogens is 614 g/mol. The van der Waals surface area contributed by atoms with Crippen molar-refractivity contribution in [3.8, 4) is 63.0 Å². The van der Waals surface area contributed by atoms with Crippen molar-refractivity contribution in [2.75, 3.05) is 13.2 Å². The van der Waals surface area contributed by atoms with E-state index in [2.05, 4.69) is 32.8 Å². The summed E-state index contributed by atoms with van der Waals surface area (Å²) < 4.78 is 13.9. The summed E-state index contributed by atoms with van der Waals surface area (Å²) in [6.45, 7) is 9.93. The second kappa shape index (κ2) is 17.5. The van der Waals surface area contributed by atoms with Crippen molar-refractivity contribution in [3.63, 3.8) is 0 Å². The Hall–Kier alpha value is -4.92. The Labute approximate surface area is 290 Å². The number of para-hydroxylation sites is 1. The van der Waals surface area contributed by atoms with Gasteiger partial charge in [0, 0.05) is 12.1 Å². The minimum atomic E-state index is -0.0136. The fourth-order valence-electron chi connectivity index (χ4n) is 5.78. The molecule has 5 aromatic rings. The number of nitrogens with zero attached hydrogens (tertiary/aromatic N) is 5. The summed E-state index contributed by atoms with van der Waals surface area (Å²) in [5.74, 6) is 2.90. The van der Waals surface area contributed by atoms with E-state index >= 15 is 0 Å². The van der Waals surface area contributed by atoms with Gasteiger partial charge in [-0.05, 0) is 67.1 Å². The summed E-state index contributed by atoms with van der Waals surface area (Å²) in [5.41, 5.74) is 2.30. The second-order valence-corrected chi connectivity index (χ2v) is 12.6. The summed E-state index contributed by atoms with van der Waals surface area (Å²) >= 11 is 0. The van der Waals surface area contributed by atoms with Crippen LogP contribution < -0.4 is 9.47 Å². The molecule has 0 spiro atoms. The van der Waals surface area contributed by atoms with Crippen LogP contribution in [-0.4, -0.2) is 48.2 Å². The molecule has 0 bridgehead atoms. The first-order valence-corrected chi connectivity index (χ1v) is 17.7. The van der Waals surface area contributed by atoms with Crippen molar-refractivity contribution >= 4 is 0 Å². The first-order valence-electron chi connectivity index (χ1n) is 17.7. The van der Waals surface area contributed by atoms with Crippen molar-refractivity contribution in [1.29, 1.82) is 0 Å². The SMILES string of the molecule is CCCCC(CC)COc1ccc(-c2nc(-c3ccc(OCC(CC)CCCC)cc3O)nc(-c3ccnn3-c3ccccc3)n2)c(O)c1. The molecule has 9 heteroatoms. The smallest absolute Gasteiger partial charge is 0.182 e. The number of hydrogen-bond acceptors (Lipinski definition) is 8. The lowest BCUT2D eigenvalue weighted by molar-refractivity contribution is 0.232. The van der Waals surface area contributed by atoms with Crippen molar-refractivity contribution < 1.29 is 19.7 Å². The van der Waals surface area contributed by atoms with E-state index in [0.717, 1.165) is 44.2 Å². The summed E-state index contributed by atoms with van der Waals surface area (Å²) in [6.07, 6.45) is 10.6. The minimum absolute atomic E-state index is 0.0136. The molecule has 2 aromatic heterocycles. The van der Waals surface area contributed by atoms with Crippen LogP contribution in [0.2, 0.25) is 0 Å². The monoisotopic (exact) mass is 663 g/mol. The molecule has 0 saturated carbocycles. The summed E-state index contributed by atoms with van der Waals surface area (Å²) in [7, 11) is 0. The number of aromatic hydroxyl groups is 2. The van der Waals surface area contributed by atoms with Gasteiger partial charge in [-0.25, -0.2) is 19.6 Å². The first kappa shape index (κ1) is 35.4. The number of phenolic OH excluding ortho intramolecular Hbond substituents is 2. The van der Waals surface area contributed by atoms with Gasteiger partial charge in [-0.3, -0.25) is 0 Å². The standard InChI is InChI=1S/C40H49N5O4/c1-5-9-14-28(7-3)26-48-31-18-20-33(36(46)24-31)38-42-39(34-21-19-32(25-37(34)47)49-27-29(8-4)15-10-6-2)44-40(43-38)35-22-23-41-45(35)30-16-12-11-13-17-30/h11-13,16-25,28-29,46-47H,5-10,14-15,26-27H2,1-4H3. The third-order valence-electron chi connectivity index (χ3n) is 8.99. The van der Waals surface area contributed by atoms with Crippen LogP contribution in [0.4, 0.5) is 0 Å². The average molecular weight is 664 g/mol. The molecule has 2 heterocycles. The van der Waals surface area contributed by atoms with E-state index in [9.17, 15) is 10.2 Å². The molecule has 49 heavy (non-hydrogen) atoms. The molecular formula is C40H49N5O4. The molecule has 2 unspecified atom stereocenters. The highest BCUT2D eigenvalue weighted by atomic mass is 16.5. The first-order chi connectivity index (χ1) is 23.9. The van der Waals surface area contributed by atoms with Gasteiger partial charge in [0.05, 0.1) is 36.2 Å². The predicted molar refractivity (Wildman–Crippen MR) is 194 cm³/mol. The van der Waals surface area contributed by atoms with E-state index in [1.54, 1.807) is 35.1 Å². The third kappa shape index (κ3) is 9.16. The van der Waals surface area contributed by atoms with Crippen molar-refractivity contribution in [2.45, 2.75) is 79.1 Å². The highest BCUT2D eigenvalue weighted by Crippen LogP contribution is 2.36. The lowest BCUT2D eigenvalue weighted by Gasteiger charge is -2.17. The van der Waals surface area contributed by atoms with Crippen LogP contribution in [0.5, 0.6) is 23.0 Å². The van der Waals surface area contributed by atoms with E-state index in [0.29, 0.717) is 59.2 Å². The number of hydrogen-bond donors (Lipinski definition) is 2. The Morgan fingerprint density at radius 3 is 1.61 bits per heavy atom. The van der Waals surface area contributed by atoms with E-state index in [1.165, 1.54) is 12.8 Å². The van der Waals surface area contributed by atoms with Crippen LogP contribution >= 0.6 is 0 Å². The van der Waals surface area contributed by atoms with Gasteiger partial charge < -0.3 is 19.7 Å². The molecule has 258 valence electrons. The maximum absolute atomic E-state index is 11.2. The molecule has 0 saturated heterocycles. The number of phenols is 2. The largest absolute Gasteiger partial charge is 0.507 e. The zero-order valence-corrected chi connectivity index (χ0v) is 29.2. The molecule has 0 aliphatic rings. The molecule has 0 fully saturated rings. The third-order valence-corrected chi connectivity index (χ3v) is 8.99. The molecule has 9 nitrogen and oxygen atoms in total. The average Bonchev–Trinajstić information content (AvgIpc) is 3.62. The Balaban J connectivity index is 1.50. The number of ether oxygens (including phenoxy) is 2. The van der Waals surface area contributed by atoms with E-state index in [1.807, 2.05) is 48.5 Å². The Morgan fingerprint density at radius 1 is 0.633 bits per heavy atom. The fraction of sp³-hybridized carbons (Fsp3) is 0.400. The van der Waals surface area contributed by atoms with Crippen LogP contribution in [0, 0.1) is 11.8 Å². The van der Waals surface area contributed by atoms with Gasteiger partial charge in [-0.15, -0.1) is 0 Å². The molecule has 2 atom stereocenters. The maximum Gasteiger partial charge on any atom is 0.182 e. The Kier molecular flexibility index (Phi) is 12.6. The van der Waals surface area contributed by atoms with Crippen LogP contribution in [0.3, 0.4) is 0 Å². The van der Waals surface area contributed by atoms with Crippen LogP contribution in [0.25, 0.3) is 40.0 Å².